The molecule has 0 radical (unpaired) electrons. The van der Waals surface area contributed by atoms with Gasteiger partial charge in [0, 0.05) is 6.04 Å². The summed E-state index contributed by atoms with van der Waals surface area (Å²) < 4.78 is 25.0. The van der Waals surface area contributed by atoms with Gasteiger partial charge in [-0.05, 0) is 42.5 Å². The smallest absolute Gasteiger partial charge is 0.179 e. The van der Waals surface area contributed by atoms with Crippen molar-refractivity contribution in [2.75, 3.05) is 12.3 Å². The molecule has 0 aliphatic heterocycles. The van der Waals surface area contributed by atoms with Crippen molar-refractivity contribution < 1.29 is 8.42 Å². The van der Waals surface area contributed by atoms with Gasteiger partial charge in [-0.15, -0.1) is 0 Å². The minimum absolute atomic E-state index is 0.0252. The Morgan fingerprint density at radius 3 is 2.10 bits per heavy atom. The molecule has 0 aromatic heterocycles. The maximum absolute atomic E-state index is 12.5. The molecule has 0 aliphatic rings. The summed E-state index contributed by atoms with van der Waals surface area (Å²) in [6, 6.07) is 7.35. The molecule has 1 rings (SSSR count). The molecule has 4 heteroatoms. The summed E-state index contributed by atoms with van der Waals surface area (Å²) in [5.74, 6) is 0.165. The Hall–Kier alpha value is -0.870. The molecule has 1 N–H and O–H groups in total. The third-order valence-electron chi connectivity index (χ3n) is 3.68. The minimum Gasteiger partial charge on any atom is -0.313 e. The van der Waals surface area contributed by atoms with Crippen molar-refractivity contribution in [1.29, 1.82) is 0 Å². The van der Waals surface area contributed by atoms with E-state index in [2.05, 4.69) is 33.0 Å². The zero-order chi connectivity index (χ0) is 16.1. The van der Waals surface area contributed by atoms with Crippen molar-refractivity contribution in [2.45, 2.75) is 63.8 Å². The van der Waals surface area contributed by atoms with E-state index in [1.165, 1.54) is 0 Å². The lowest BCUT2D eigenvalue weighted by molar-refractivity contribution is 0.519. The molecule has 21 heavy (non-hydrogen) atoms. The van der Waals surface area contributed by atoms with Crippen LogP contribution in [-0.2, 0) is 15.3 Å². The Morgan fingerprint density at radius 2 is 1.67 bits per heavy atom. The molecule has 1 unspecified atom stereocenters. The second-order valence-electron chi connectivity index (χ2n) is 6.62. The number of rotatable bonds is 7. The molecule has 0 spiro atoms. The molecule has 1 aromatic rings. The lowest BCUT2D eigenvalue weighted by Crippen LogP contribution is -2.35. The van der Waals surface area contributed by atoms with Gasteiger partial charge in [-0.2, -0.15) is 0 Å². The molecular formula is C17H29NO2S. The minimum atomic E-state index is -3.23. The summed E-state index contributed by atoms with van der Waals surface area (Å²) in [4.78, 5) is 0.423. The highest BCUT2D eigenvalue weighted by Crippen LogP contribution is 2.24. The van der Waals surface area contributed by atoms with Crippen LogP contribution in [0.1, 0.15) is 53.0 Å². The number of hydrogen-bond donors (Lipinski definition) is 1. The van der Waals surface area contributed by atoms with Crippen LogP contribution in [0, 0.1) is 0 Å². The van der Waals surface area contributed by atoms with Crippen LogP contribution < -0.4 is 5.32 Å². The van der Waals surface area contributed by atoms with Crippen LogP contribution in [0.15, 0.2) is 29.2 Å². The molecule has 0 fully saturated rings. The molecule has 0 saturated carbocycles. The molecule has 3 nitrogen and oxygen atoms in total. The third kappa shape index (κ3) is 5.44. The fourth-order valence-electron chi connectivity index (χ4n) is 2.19. The van der Waals surface area contributed by atoms with Gasteiger partial charge < -0.3 is 5.32 Å². The SMILES string of the molecule is CCCNC(CC)CS(=O)(=O)c1ccc(C(C)(C)C)cc1. The summed E-state index contributed by atoms with van der Waals surface area (Å²) in [5.41, 5.74) is 1.19. The number of benzene rings is 1. The Morgan fingerprint density at radius 1 is 1.10 bits per heavy atom. The first kappa shape index (κ1) is 18.2. The lowest BCUT2D eigenvalue weighted by atomic mass is 9.87. The van der Waals surface area contributed by atoms with E-state index in [4.69, 9.17) is 0 Å². The fourth-order valence-corrected chi connectivity index (χ4v) is 3.82. The third-order valence-corrected chi connectivity index (χ3v) is 5.51. The standard InChI is InChI=1S/C17H29NO2S/c1-6-12-18-15(7-2)13-21(19,20)16-10-8-14(9-11-16)17(3,4)5/h8-11,15,18H,6-7,12-13H2,1-5H3. The largest absolute Gasteiger partial charge is 0.313 e. The molecule has 0 heterocycles. The number of sulfone groups is 1. The Balaban J connectivity index is 2.87. The predicted octanol–water partition coefficient (Wildman–Crippen LogP) is 3.54. The average Bonchev–Trinajstić information content (AvgIpc) is 2.42. The van der Waals surface area contributed by atoms with Gasteiger partial charge in [-0.3, -0.25) is 0 Å². The van der Waals surface area contributed by atoms with Gasteiger partial charge >= 0.3 is 0 Å². The normalized spacial score (nSPS) is 14.1. The molecule has 120 valence electrons. The van der Waals surface area contributed by atoms with Gasteiger partial charge in [0.25, 0.3) is 0 Å². The maximum atomic E-state index is 12.5. The highest BCUT2D eigenvalue weighted by atomic mass is 32.2. The van der Waals surface area contributed by atoms with E-state index in [0.29, 0.717) is 4.90 Å². The molecular weight excluding hydrogens is 282 g/mol. The van der Waals surface area contributed by atoms with Gasteiger partial charge in [0.05, 0.1) is 10.6 Å². The Kier molecular flexibility index (Phi) is 6.41. The number of hydrogen-bond acceptors (Lipinski definition) is 3. The molecule has 0 aliphatic carbocycles. The van der Waals surface area contributed by atoms with Crippen molar-refractivity contribution in [3.8, 4) is 0 Å². The van der Waals surface area contributed by atoms with Gasteiger partial charge in [0.15, 0.2) is 9.84 Å². The Bertz CT molecular complexity index is 527. The zero-order valence-electron chi connectivity index (χ0n) is 13.9. The first-order valence-electron chi connectivity index (χ1n) is 7.77. The zero-order valence-corrected chi connectivity index (χ0v) is 14.8. The van der Waals surface area contributed by atoms with Crippen LogP contribution in [0.25, 0.3) is 0 Å². The molecule has 1 aromatic carbocycles. The second kappa shape index (κ2) is 7.41. The monoisotopic (exact) mass is 311 g/mol. The summed E-state index contributed by atoms with van der Waals surface area (Å²) in [7, 11) is -3.23. The number of nitrogens with one attached hydrogen (secondary N) is 1. The van der Waals surface area contributed by atoms with Crippen LogP contribution in [0.3, 0.4) is 0 Å². The Labute approximate surface area is 130 Å². The van der Waals surface area contributed by atoms with Crippen LogP contribution in [0.2, 0.25) is 0 Å². The van der Waals surface area contributed by atoms with Gasteiger partial charge in [-0.25, -0.2) is 8.42 Å². The van der Waals surface area contributed by atoms with Crippen LogP contribution in [-0.4, -0.2) is 26.8 Å². The van der Waals surface area contributed by atoms with Crippen molar-refractivity contribution in [3.63, 3.8) is 0 Å². The van der Waals surface area contributed by atoms with E-state index in [-0.39, 0.29) is 17.2 Å². The molecule has 0 bridgehead atoms. The van der Waals surface area contributed by atoms with E-state index in [0.717, 1.165) is 24.9 Å². The van der Waals surface area contributed by atoms with E-state index in [9.17, 15) is 8.42 Å². The van der Waals surface area contributed by atoms with E-state index < -0.39 is 9.84 Å². The summed E-state index contributed by atoms with van der Waals surface area (Å²) in [6.45, 7) is 11.3. The average molecular weight is 311 g/mol. The summed E-state index contributed by atoms with van der Waals surface area (Å²) in [5, 5.41) is 3.30. The molecule has 0 amide bonds. The van der Waals surface area contributed by atoms with E-state index >= 15 is 0 Å². The predicted molar refractivity (Wildman–Crippen MR) is 89.6 cm³/mol. The quantitative estimate of drug-likeness (QED) is 0.838. The van der Waals surface area contributed by atoms with Crippen molar-refractivity contribution in [1.82, 2.24) is 5.32 Å². The van der Waals surface area contributed by atoms with Crippen LogP contribution in [0.4, 0.5) is 0 Å². The summed E-state index contributed by atoms with van der Waals surface area (Å²) >= 11 is 0. The van der Waals surface area contributed by atoms with Crippen LogP contribution in [0.5, 0.6) is 0 Å². The van der Waals surface area contributed by atoms with Crippen molar-refractivity contribution in [3.05, 3.63) is 29.8 Å². The first-order valence-corrected chi connectivity index (χ1v) is 9.42. The highest BCUT2D eigenvalue weighted by Gasteiger charge is 2.21. The molecule has 0 saturated heterocycles. The topological polar surface area (TPSA) is 46.2 Å². The van der Waals surface area contributed by atoms with Gasteiger partial charge in [0.1, 0.15) is 0 Å². The van der Waals surface area contributed by atoms with Gasteiger partial charge in [0.2, 0.25) is 0 Å². The maximum Gasteiger partial charge on any atom is 0.179 e. The van der Waals surface area contributed by atoms with Crippen molar-refractivity contribution in [2.24, 2.45) is 0 Å². The van der Waals surface area contributed by atoms with Crippen LogP contribution >= 0.6 is 0 Å². The lowest BCUT2D eigenvalue weighted by Gasteiger charge is -2.20. The van der Waals surface area contributed by atoms with E-state index in [1.807, 2.05) is 19.1 Å². The van der Waals surface area contributed by atoms with E-state index in [1.54, 1.807) is 12.1 Å². The second-order valence-corrected chi connectivity index (χ2v) is 8.65. The van der Waals surface area contributed by atoms with Crippen molar-refractivity contribution >= 4 is 9.84 Å². The summed E-state index contributed by atoms with van der Waals surface area (Å²) in [6.07, 6.45) is 1.83. The fraction of sp³-hybridized carbons (Fsp3) is 0.647. The first-order chi connectivity index (χ1) is 9.70. The highest BCUT2D eigenvalue weighted by molar-refractivity contribution is 7.91. The molecule has 1 atom stereocenters. The van der Waals surface area contributed by atoms with Gasteiger partial charge in [-0.1, -0.05) is 46.8 Å².